The third kappa shape index (κ3) is 5.07. The lowest BCUT2D eigenvalue weighted by Gasteiger charge is -2.26. The number of aromatic nitrogens is 3. The van der Waals surface area contributed by atoms with Crippen molar-refractivity contribution in [2.75, 3.05) is 20.7 Å². The summed E-state index contributed by atoms with van der Waals surface area (Å²) in [4.78, 5) is 8.91. The predicted molar refractivity (Wildman–Crippen MR) is 107 cm³/mol. The minimum Gasteiger partial charge on any atom is -0.377 e. The third-order valence-corrected chi connectivity index (χ3v) is 4.93. The molecule has 0 amide bonds. The van der Waals surface area contributed by atoms with Crippen LogP contribution in [0.25, 0.3) is 0 Å². The minimum atomic E-state index is 0.287. The first-order valence-corrected chi connectivity index (χ1v) is 9.54. The lowest BCUT2D eigenvalue weighted by atomic mass is 9.99. The topological polar surface area (TPSA) is 76.4 Å². The summed E-state index contributed by atoms with van der Waals surface area (Å²) in [5.74, 6) is 3.03. The number of methoxy groups -OCH3 is 1. The average molecular weight is 371 g/mol. The number of benzene rings is 1. The maximum atomic E-state index is 5.13. The summed E-state index contributed by atoms with van der Waals surface area (Å²) in [5, 5.41) is 11.5. The van der Waals surface area contributed by atoms with Crippen molar-refractivity contribution in [3.63, 3.8) is 0 Å². The molecule has 0 aliphatic carbocycles. The fourth-order valence-corrected chi connectivity index (χ4v) is 3.40. The molecule has 2 unspecified atom stereocenters. The molecule has 2 aromatic rings. The van der Waals surface area contributed by atoms with Crippen molar-refractivity contribution < 1.29 is 4.74 Å². The molecule has 146 valence electrons. The van der Waals surface area contributed by atoms with Gasteiger partial charge in [0.05, 0.1) is 6.54 Å². The van der Waals surface area contributed by atoms with E-state index in [1.165, 1.54) is 11.1 Å². The smallest absolute Gasteiger partial charge is 0.191 e. The van der Waals surface area contributed by atoms with Crippen LogP contribution in [0.5, 0.6) is 0 Å². The number of fused-ring (bicyclic) bond motifs is 1. The van der Waals surface area contributed by atoms with Crippen molar-refractivity contribution in [1.82, 2.24) is 25.4 Å². The summed E-state index contributed by atoms with van der Waals surface area (Å²) in [5.41, 5.74) is 2.63. The second-order valence-electron chi connectivity index (χ2n) is 7.21. The monoisotopic (exact) mass is 370 g/mol. The summed E-state index contributed by atoms with van der Waals surface area (Å²) >= 11 is 0. The number of guanidine groups is 1. The van der Waals surface area contributed by atoms with Gasteiger partial charge in [-0.15, -0.1) is 0 Å². The van der Waals surface area contributed by atoms with E-state index in [2.05, 4.69) is 63.8 Å². The Morgan fingerprint density at radius 3 is 3.04 bits per heavy atom. The van der Waals surface area contributed by atoms with Gasteiger partial charge in [0.25, 0.3) is 0 Å². The van der Waals surface area contributed by atoms with E-state index in [9.17, 15) is 0 Å². The highest BCUT2D eigenvalue weighted by molar-refractivity contribution is 5.80. The largest absolute Gasteiger partial charge is 0.377 e. The summed E-state index contributed by atoms with van der Waals surface area (Å²) in [6.07, 6.45) is 1.92. The van der Waals surface area contributed by atoms with Crippen molar-refractivity contribution in [3.05, 3.63) is 47.0 Å². The van der Waals surface area contributed by atoms with Gasteiger partial charge in [0.2, 0.25) is 0 Å². The Bertz CT molecular complexity index is 785. The fraction of sp³-hybridized carbons (Fsp3) is 0.550. The quantitative estimate of drug-likeness (QED) is 0.601. The Balaban J connectivity index is 1.53. The lowest BCUT2D eigenvalue weighted by molar-refractivity contribution is 0.177. The lowest BCUT2D eigenvalue weighted by Crippen LogP contribution is -2.47. The highest BCUT2D eigenvalue weighted by atomic mass is 16.5. The molecule has 1 aromatic heterocycles. The summed E-state index contributed by atoms with van der Waals surface area (Å²) in [6.45, 7) is 6.44. The predicted octanol–water partition coefficient (Wildman–Crippen LogP) is 2.02. The zero-order chi connectivity index (χ0) is 19.2. The van der Waals surface area contributed by atoms with Gasteiger partial charge in [0, 0.05) is 33.2 Å². The van der Waals surface area contributed by atoms with Crippen LogP contribution in [0.15, 0.2) is 29.3 Å². The molecule has 0 saturated carbocycles. The first-order chi connectivity index (χ1) is 13.1. The second-order valence-corrected chi connectivity index (χ2v) is 7.21. The number of hydrogen-bond acceptors (Lipinski definition) is 4. The molecular weight excluding hydrogens is 340 g/mol. The van der Waals surface area contributed by atoms with Crippen LogP contribution < -0.4 is 10.6 Å². The van der Waals surface area contributed by atoms with Crippen LogP contribution in [0.4, 0.5) is 0 Å². The van der Waals surface area contributed by atoms with Crippen molar-refractivity contribution in [1.29, 1.82) is 0 Å². The van der Waals surface area contributed by atoms with Crippen LogP contribution in [-0.2, 0) is 24.3 Å². The van der Waals surface area contributed by atoms with Crippen LogP contribution in [0.2, 0.25) is 0 Å². The van der Waals surface area contributed by atoms with E-state index in [4.69, 9.17) is 4.74 Å². The van der Waals surface area contributed by atoms with E-state index >= 15 is 0 Å². The molecule has 1 aliphatic heterocycles. The van der Waals surface area contributed by atoms with Crippen LogP contribution in [0, 0.1) is 6.92 Å². The first-order valence-electron chi connectivity index (χ1n) is 9.54. The molecule has 2 atom stereocenters. The molecule has 0 radical (unpaired) electrons. The molecule has 7 nitrogen and oxygen atoms in total. The van der Waals surface area contributed by atoms with Gasteiger partial charge < -0.3 is 15.4 Å². The van der Waals surface area contributed by atoms with Gasteiger partial charge in [-0.2, -0.15) is 5.10 Å². The van der Waals surface area contributed by atoms with Crippen molar-refractivity contribution in [2.24, 2.45) is 4.99 Å². The van der Waals surface area contributed by atoms with E-state index in [1.807, 2.05) is 11.7 Å². The van der Waals surface area contributed by atoms with E-state index in [0.717, 1.165) is 43.5 Å². The molecule has 7 heteroatoms. The van der Waals surface area contributed by atoms with Gasteiger partial charge in [0.1, 0.15) is 12.4 Å². The molecule has 2 heterocycles. The average Bonchev–Trinajstić information content (AvgIpc) is 3.06. The first kappa shape index (κ1) is 19.4. The van der Waals surface area contributed by atoms with Gasteiger partial charge in [-0.3, -0.25) is 4.99 Å². The number of aryl methyl sites for hydroxylation is 2. The van der Waals surface area contributed by atoms with Crippen LogP contribution >= 0.6 is 0 Å². The number of nitrogens with one attached hydrogen (secondary N) is 2. The van der Waals surface area contributed by atoms with Gasteiger partial charge >= 0.3 is 0 Å². The molecule has 1 aromatic carbocycles. The maximum Gasteiger partial charge on any atom is 0.191 e. The van der Waals surface area contributed by atoms with E-state index in [0.29, 0.717) is 12.5 Å². The van der Waals surface area contributed by atoms with E-state index in [1.54, 1.807) is 7.11 Å². The highest BCUT2D eigenvalue weighted by Crippen LogP contribution is 2.16. The number of aliphatic imine (C=N–C) groups is 1. The minimum absolute atomic E-state index is 0.287. The van der Waals surface area contributed by atoms with Crippen molar-refractivity contribution >= 4 is 5.96 Å². The van der Waals surface area contributed by atoms with Gasteiger partial charge in [-0.1, -0.05) is 36.8 Å². The molecule has 3 rings (SSSR count). The van der Waals surface area contributed by atoms with E-state index < -0.39 is 0 Å². The van der Waals surface area contributed by atoms with Crippen LogP contribution in [-0.4, -0.2) is 47.5 Å². The fourth-order valence-electron chi connectivity index (χ4n) is 3.40. The molecule has 0 spiro atoms. The van der Waals surface area contributed by atoms with E-state index in [-0.39, 0.29) is 6.04 Å². The summed E-state index contributed by atoms with van der Waals surface area (Å²) in [6, 6.07) is 8.96. The zero-order valence-corrected chi connectivity index (χ0v) is 16.7. The maximum absolute atomic E-state index is 5.13. The molecule has 2 N–H and O–H groups in total. The molecule has 27 heavy (non-hydrogen) atoms. The number of rotatable bonds is 6. The van der Waals surface area contributed by atoms with Crippen LogP contribution in [0.1, 0.15) is 42.0 Å². The number of nitrogens with zero attached hydrogens (tertiary/aromatic N) is 4. The van der Waals surface area contributed by atoms with Crippen molar-refractivity contribution in [3.8, 4) is 0 Å². The van der Waals surface area contributed by atoms with Gasteiger partial charge in [0.15, 0.2) is 11.8 Å². The molecule has 0 bridgehead atoms. The molecule has 1 aliphatic rings. The second kappa shape index (κ2) is 8.99. The Hall–Kier alpha value is -2.41. The molecule has 0 saturated heterocycles. The standard InChI is InChI=1S/C20H30N6O/c1-14-6-5-7-16(10-14)15(2)11-22-20(21-3)23-17-8-9-19-24-18(13-27-4)25-26(19)12-17/h5-7,10,15,17H,8-9,11-13H2,1-4H3,(H2,21,22,23). The Morgan fingerprint density at radius 1 is 1.44 bits per heavy atom. The number of hydrogen-bond donors (Lipinski definition) is 2. The normalized spacial score (nSPS) is 18.1. The Kier molecular flexibility index (Phi) is 6.45. The Morgan fingerprint density at radius 2 is 2.30 bits per heavy atom. The Labute approximate surface area is 161 Å². The molecule has 0 fully saturated rings. The number of ether oxygens (including phenoxy) is 1. The summed E-state index contributed by atoms with van der Waals surface area (Å²) < 4.78 is 7.11. The molecular formula is C20H30N6O. The van der Waals surface area contributed by atoms with Crippen molar-refractivity contribution in [2.45, 2.75) is 51.8 Å². The SMILES string of the molecule is CN=C(NCC(C)c1cccc(C)c1)NC1CCc2nc(COC)nn2C1. The van der Waals surface area contributed by atoms with Crippen LogP contribution in [0.3, 0.4) is 0 Å². The summed E-state index contributed by atoms with van der Waals surface area (Å²) in [7, 11) is 3.48. The highest BCUT2D eigenvalue weighted by Gasteiger charge is 2.22. The zero-order valence-electron chi connectivity index (χ0n) is 16.7. The van der Waals surface area contributed by atoms with Gasteiger partial charge in [-0.05, 0) is 24.8 Å². The third-order valence-electron chi connectivity index (χ3n) is 4.93. The van der Waals surface area contributed by atoms with Gasteiger partial charge in [-0.25, -0.2) is 9.67 Å².